The van der Waals surface area contributed by atoms with E-state index in [2.05, 4.69) is 12.3 Å². The van der Waals surface area contributed by atoms with E-state index in [1.54, 1.807) is 21.3 Å². The first-order chi connectivity index (χ1) is 9.70. The van der Waals surface area contributed by atoms with E-state index in [9.17, 15) is 0 Å². The highest BCUT2D eigenvalue weighted by atomic mass is 32.2. The fourth-order valence-corrected chi connectivity index (χ4v) is 6.16. The number of hydrogen-bond donors (Lipinski definition) is 0. The Kier molecular flexibility index (Phi) is 12.6. The molecule has 0 rings (SSSR count). The van der Waals surface area contributed by atoms with E-state index >= 15 is 0 Å². The Morgan fingerprint density at radius 1 is 0.950 bits per heavy atom. The van der Waals surface area contributed by atoms with Crippen LogP contribution in [-0.4, -0.2) is 35.0 Å². The van der Waals surface area contributed by atoms with E-state index in [1.165, 1.54) is 50.3 Å². The lowest BCUT2D eigenvalue weighted by molar-refractivity contribution is 0.120. The van der Waals surface area contributed by atoms with Crippen molar-refractivity contribution in [3.05, 3.63) is 0 Å². The van der Waals surface area contributed by atoms with Crippen molar-refractivity contribution in [2.24, 2.45) is 0 Å². The van der Waals surface area contributed by atoms with Crippen LogP contribution in [-0.2, 0) is 13.3 Å². The molecule has 118 valence electrons. The van der Waals surface area contributed by atoms with E-state index in [1.807, 2.05) is 0 Å². The van der Waals surface area contributed by atoms with Gasteiger partial charge in [-0.1, -0.05) is 51.9 Å². The number of unbranched alkanes of at least 4 members (excludes halogenated alkanes) is 6. The lowest BCUT2D eigenvalue weighted by Crippen LogP contribution is -2.52. The first kappa shape index (κ1) is 19.9. The highest BCUT2D eigenvalue weighted by Crippen LogP contribution is 2.28. The van der Waals surface area contributed by atoms with Crippen LogP contribution >= 0.6 is 11.8 Å². The van der Waals surface area contributed by atoms with Crippen LogP contribution in [0, 0.1) is 10.7 Å². The van der Waals surface area contributed by atoms with E-state index in [4.69, 9.17) is 18.5 Å². The summed E-state index contributed by atoms with van der Waals surface area (Å²) in [4.78, 5) is 0.00291. The molecule has 0 heterocycles. The topological polar surface area (TPSA) is 51.5 Å². The number of thioether (sulfide) groups is 1. The molecule has 0 bridgehead atoms. The van der Waals surface area contributed by atoms with E-state index < -0.39 is 8.80 Å². The molecule has 0 N–H and O–H groups in total. The molecule has 0 aliphatic rings. The van der Waals surface area contributed by atoms with Gasteiger partial charge in [0.05, 0.1) is 4.87 Å². The zero-order valence-corrected chi connectivity index (χ0v) is 15.1. The van der Waals surface area contributed by atoms with Gasteiger partial charge in [0.1, 0.15) is 5.40 Å². The Balaban J connectivity index is 4.11. The molecule has 1 atom stereocenters. The normalized spacial score (nSPS) is 13.2. The second-order valence-electron chi connectivity index (χ2n) is 4.82. The standard InChI is InChI=1S/C14H29NO3SSi/c1-5-6-7-8-9-10-11-12-14(19-13-15)20(16-2,17-3)18-4/h14H,5-12H2,1-4H3. The molecule has 0 aromatic carbocycles. The smallest absolute Gasteiger partial charge is 0.376 e. The van der Waals surface area contributed by atoms with Gasteiger partial charge in [-0.25, -0.2) is 0 Å². The molecule has 0 aromatic rings. The molecule has 0 aliphatic carbocycles. The van der Waals surface area contributed by atoms with Crippen molar-refractivity contribution in [1.29, 1.82) is 5.26 Å². The first-order valence-corrected chi connectivity index (χ1v) is 10.1. The summed E-state index contributed by atoms with van der Waals surface area (Å²) in [5, 5.41) is 11.1. The summed E-state index contributed by atoms with van der Waals surface area (Å²) in [7, 11) is 2.11. The molecule has 0 saturated heterocycles. The summed E-state index contributed by atoms with van der Waals surface area (Å²) < 4.78 is 16.5. The van der Waals surface area contributed by atoms with Crippen LogP contribution in [0.15, 0.2) is 0 Å². The average Bonchev–Trinajstić information content (AvgIpc) is 2.48. The molecule has 1 unspecified atom stereocenters. The second kappa shape index (κ2) is 12.7. The van der Waals surface area contributed by atoms with Gasteiger partial charge in [0.25, 0.3) is 0 Å². The zero-order chi connectivity index (χ0) is 15.3. The quantitative estimate of drug-likeness (QED) is 0.290. The van der Waals surface area contributed by atoms with Crippen molar-refractivity contribution >= 4 is 20.6 Å². The minimum atomic E-state index is -2.71. The minimum absolute atomic E-state index is 0.00291. The van der Waals surface area contributed by atoms with Crippen LogP contribution in [0.4, 0.5) is 0 Å². The largest absolute Gasteiger partial charge is 0.514 e. The van der Waals surface area contributed by atoms with Crippen molar-refractivity contribution in [3.8, 4) is 5.40 Å². The van der Waals surface area contributed by atoms with Gasteiger partial charge < -0.3 is 13.3 Å². The van der Waals surface area contributed by atoms with Crippen LogP contribution in [0.25, 0.3) is 0 Å². The monoisotopic (exact) mass is 319 g/mol. The van der Waals surface area contributed by atoms with Gasteiger partial charge in [-0.2, -0.15) is 5.26 Å². The highest BCUT2D eigenvalue weighted by Gasteiger charge is 2.47. The molecule has 0 fully saturated rings. The first-order valence-electron chi connectivity index (χ1n) is 7.40. The van der Waals surface area contributed by atoms with E-state index in [-0.39, 0.29) is 4.87 Å². The van der Waals surface area contributed by atoms with Gasteiger partial charge in [-0.05, 0) is 18.2 Å². The van der Waals surface area contributed by atoms with Crippen molar-refractivity contribution in [3.63, 3.8) is 0 Å². The van der Waals surface area contributed by atoms with E-state index in [0.29, 0.717) is 0 Å². The number of rotatable bonds is 13. The van der Waals surface area contributed by atoms with Crippen LogP contribution in [0.3, 0.4) is 0 Å². The Labute approximate surface area is 129 Å². The molecule has 4 nitrogen and oxygen atoms in total. The summed E-state index contributed by atoms with van der Waals surface area (Å²) in [6.45, 7) is 2.23. The summed E-state index contributed by atoms with van der Waals surface area (Å²) in [6, 6.07) is 0. The molecule has 6 heteroatoms. The SMILES string of the molecule is CCCCCCCCCC(SC#N)[Si](OC)(OC)OC. The summed E-state index contributed by atoms with van der Waals surface area (Å²) >= 11 is 1.22. The number of nitrogens with zero attached hydrogens (tertiary/aromatic N) is 1. The Morgan fingerprint density at radius 2 is 1.45 bits per heavy atom. The number of nitriles is 1. The predicted molar refractivity (Wildman–Crippen MR) is 86.4 cm³/mol. The summed E-state index contributed by atoms with van der Waals surface area (Å²) in [5.41, 5.74) is 0. The van der Waals surface area contributed by atoms with Gasteiger partial charge >= 0.3 is 8.80 Å². The maximum absolute atomic E-state index is 8.95. The van der Waals surface area contributed by atoms with Gasteiger partial charge in [0.15, 0.2) is 0 Å². The maximum Gasteiger partial charge on any atom is 0.514 e. The Bertz CT molecular complexity index is 261. The molecule has 0 saturated carbocycles. The molecule has 0 aromatic heterocycles. The van der Waals surface area contributed by atoms with Gasteiger partial charge in [0, 0.05) is 21.3 Å². The lowest BCUT2D eigenvalue weighted by Gasteiger charge is -2.30. The predicted octanol–water partition coefficient (Wildman–Crippen LogP) is 4.13. The summed E-state index contributed by atoms with van der Waals surface area (Å²) in [6.07, 6.45) is 9.73. The van der Waals surface area contributed by atoms with Gasteiger partial charge in [0.2, 0.25) is 0 Å². The molecule has 0 aliphatic heterocycles. The van der Waals surface area contributed by atoms with Gasteiger partial charge in [-0.3, -0.25) is 0 Å². The molecule has 20 heavy (non-hydrogen) atoms. The van der Waals surface area contributed by atoms with Crippen molar-refractivity contribution in [2.75, 3.05) is 21.3 Å². The Morgan fingerprint density at radius 3 is 1.90 bits per heavy atom. The number of hydrogen-bond acceptors (Lipinski definition) is 5. The third-order valence-corrected chi connectivity index (χ3v) is 8.14. The lowest BCUT2D eigenvalue weighted by atomic mass is 10.1. The molecule has 0 amide bonds. The van der Waals surface area contributed by atoms with Crippen LogP contribution < -0.4 is 0 Å². The van der Waals surface area contributed by atoms with E-state index in [0.717, 1.165) is 12.8 Å². The molecule has 0 spiro atoms. The summed E-state index contributed by atoms with van der Waals surface area (Å²) in [5.74, 6) is 0. The average molecular weight is 320 g/mol. The van der Waals surface area contributed by atoms with Gasteiger partial charge in [-0.15, -0.1) is 0 Å². The van der Waals surface area contributed by atoms with Crippen LogP contribution in [0.5, 0.6) is 0 Å². The fraction of sp³-hybridized carbons (Fsp3) is 0.929. The van der Waals surface area contributed by atoms with Crippen molar-refractivity contribution in [2.45, 2.75) is 63.2 Å². The maximum atomic E-state index is 8.95. The highest BCUT2D eigenvalue weighted by molar-refractivity contribution is 8.05. The van der Waals surface area contributed by atoms with Crippen LogP contribution in [0.2, 0.25) is 0 Å². The fourth-order valence-electron chi connectivity index (χ4n) is 2.30. The van der Waals surface area contributed by atoms with Crippen molar-refractivity contribution < 1.29 is 13.3 Å². The molecular weight excluding hydrogens is 290 g/mol. The van der Waals surface area contributed by atoms with Crippen LogP contribution in [0.1, 0.15) is 58.3 Å². The number of thiocyanates is 1. The van der Waals surface area contributed by atoms with Crippen molar-refractivity contribution in [1.82, 2.24) is 0 Å². The molecule has 0 radical (unpaired) electrons. The molecular formula is C14H29NO3SSi. The zero-order valence-electron chi connectivity index (χ0n) is 13.3. The minimum Gasteiger partial charge on any atom is -0.376 e. The Hall–Kier alpha value is -0.0631. The second-order valence-corrected chi connectivity index (χ2v) is 9.36. The third-order valence-electron chi connectivity index (χ3n) is 3.51. The third kappa shape index (κ3) is 7.09.